The Balaban J connectivity index is 0.00000280. The van der Waals surface area contributed by atoms with Gasteiger partial charge in [-0.05, 0) is 42.2 Å². The average Bonchev–Trinajstić information content (AvgIpc) is 2.69. The van der Waals surface area contributed by atoms with Crippen molar-refractivity contribution >= 4 is 29.9 Å². The summed E-state index contributed by atoms with van der Waals surface area (Å²) in [7, 11) is 1.74. The third-order valence-electron chi connectivity index (χ3n) is 5.40. The summed E-state index contributed by atoms with van der Waals surface area (Å²) >= 11 is 0. The molecule has 1 aliphatic heterocycles. The number of rotatable bonds is 3. The second kappa shape index (κ2) is 8.76. The fourth-order valence-electron chi connectivity index (χ4n) is 3.48. The Kier molecular flexibility index (Phi) is 6.86. The number of carbonyl (C=O) groups excluding carboxylic acids is 2. The Hall–Kier alpha value is -2.37. The van der Waals surface area contributed by atoms with Crippen molar-refractivity contribution in [3.05, 3.63) is 65.7 Å². The molecule has 3 rings (SSSR count). The summed E-state index contributed by atoms with van der Waals surface area (Å²) in [5, 5.41) is 0. The van der Waals surface area contributed by atoms with Crippen molar-refractivity contribution in [2.45, 2.75) is 26.3 Å². The molecule has 1 saturated heterocycles. The summed E-state index contributed by atoms with van der Waals surface area (Å²) in [6, 6.07) is 16.5. The molecule has 5 nitrogen and oxygen atoms in total. The van der Waals surface area contributed by atoms with Gasteiger partial charge in [0.15, 0.2) is 0 Å². The lowest BCUT2D eigenvalue weighted by Crippen LogP contribution is -2.54. The number of nitrogens with two attached hydrogens (primary N) is 1. The Morgan fingerprint density at radius 1 is 1.07 bits per heavy atom. The molecule has 1 aliphatic rings. The lowest BCUT2D eigenvalue weighted by molar-refractivity contribution is 0.0533. The molecule has 0 aromatic heterocycles. The molecule has 28 heavy (non-hydrogen) atoms. The number of hydrogen-bond acceptors (Lipinski definition) is 3. The first-order valence-corrected chi connectivity index (χ1v) is 9.27. The van der Waals surface area contributed by atoms with Crippen molar-refractivity contribution in [2.75, 3.05) is 25.0 Å². The third-order valence-corrected chi connectivity index (χ3v) is 5.40. The van der Waals surface area contributed by atoms with Crippen LogP contribution < -0.4 is 10.6 Å². The first-order chi connectivity index (χ1) is 12.8. The predicted molar refractivity (Wildman–Crippen MR) is 115 cm³/mol. The minimum absolute atomic E-state index is 0. The van der Waals surface area contributed by atoms with Crippen LogP contribution in [0.25, 0.3) is 0 Å². The van der Waals surface area contributed by atoms with E-state index in [0.717, 1.165) is 12.1 Å². The molecule has 1 heterocycles. The standard InChI is InChI=1S/C22H27N3O2.ClH/c1-22(2)15-25(13-12-19(22)23)21(27)17-9-7-8-16(14-17)20(26)24(3)18-10-5-4-6-11-18;/h4-11,14,19H,12-13,15,23H2,1-3H3;1H. The fraction of sp³-hybridized carbons (Fsp3) is 0.364. The van der Waals surface area contributed by atoms with Gasteiger partial charge in [-0.25, -0.2) is 0 Å². The summed E-state index contributed by atoms with van der Waals surface area (Å²) < 4.78 is 0. The zero-order valence-corrected chi connectivity index (χ0v) is 17.4. The van der Waals surface area contributed by atoms with E-state index in [2.05, 4.69) is 13.8 Å². The summed E-state index contributed by atoms with van der Waals surface area (Å²) in [6.45, 7) is 5.44. The van der Waals surface area contributed by atoms with E-state index in [1.807, 2.05) is 35.2 Å². The van der Waals surface area contributed by atoms with Crippen LogP contribution in [0, 0.1) is 5.41 Å². The Bertz CT molecular complexity index is 839. The zero-order chi connectivity index (χ0) is 19.6. The molecule has 0 bridgehead atoms. The van der Waals surface area contributed by atoms with Crippen molar-refractivity contribution in [1.29, 1.82) is 0 Å². The van der Waals surface area contributed by atoms with Gasteiger partial charge in [-0.2, -0.15) is 0 Å². The van der Waals surface area contributed by atoms with Crippen LogP contribution in [0.15, 0.2) is 54.6 Å². The van der Waals surface area contributed by atoms with Crippen LogP contribution in [0.3, 0.4) is 0 Å². The van der Waals surface area contributed by atoms with Gasteiger partial charge in [0.25, 0.3) is 11.8 Å². The van der Waals surface area contributed by atoms with Crippen LogP contribution in [0.2, 0.25) is 0 Å². The van der Waals surface area contributed by atoms with Crippen molar-refractivity contribution < 1.29 is 9.59 Å². The topological polar surface area (TPSA) is 66.6 Å². The van der Waals surface area contributed by atoms with Crippen LogP contribution in [0.4, 0.5) is 5.69 Å². The first-order valence-electron chi connectivity index (χ1n) is 9.27. The number of benzene rings is 2. The van der Waals surface area contributed by atoms with E-state index in [-0.39, 0.29) is 35.7 Å². The highest BCUT2D eigenvalue weighted by Crippen LogP contribution is 2.28. The maximum absolute atomic E-state index is 13.0. The zero-order valence-electron chi connectivity index (χ0n) is 16.6. The van der Waals surface area contributed by atoms with E-state index >= 15 is 0 Å². The number of halogens is 1. The molecule has 6 heteroatoms. The molecular weight excluding hydrogens is 374 g/mol. The summed E-state index contributed by atoms with van der Waals surface area (Å²) in [5.74, 6) is -0.191. The molecule has 1 fully saturated rings. The second-order valence-corrected chi connectivity index (χ2v) is 7.89. The molecule has 1 unspecified atom stereocenters. The van der Waals surface area contributed by atoms with E-state index in [4.69, 9.17) is 5.73 Å². The molecule has 0 saturated carbocycles. The normalized spacial score (nSPS) is 18.1. The van der Waals surface area contributed by atoms with E-state index in [0.29, 0.717) is 24.2 Å². The van der Waals surface area contributed by atoms with Gasteiger partial charge in [0.1, 0.15) is 0 Å². The van der Waals surface area contributed by atoms with Crippen molar-refractivity contribution in [1.82, 2.24) is 4.90 Å². The van der Waals surface area contributed by atoms with Gasteiger partial charge < -0.3 is 15.5 Å². The van der Waals surface area contributed by atoms with Gasteiger partial charge in [-0.3, -0.25) is 9.59 Å². The Labute approximate surface area is 172 Å². The number of carbonyl (C=O) groups is 2. The van der Waals surface area contributed by atoms with Crippen LogP contribution in [-0.4, -0.2) is 42.9 Å². The molecule has 0 spiro atoms. The van der Waals surface area contributed by atoms with E-state index < -0.39 is 0 Å². The molecule has 2 amide bonds. The van der Waals surface area contributed by atoms with E-state index in [1.54, 1.807) is 36.2 Å². The summed E-state index contributed by atoms with van der Waals surface area (Å²) in [4.78, 5) is 29.2. The van der Waals surface area contributed by atoms with E-state index in [9.17, 15) is 9.59 Å². The minimum Gasteiger partial charge on any atom is -0.338 e. The van der Waals surface area contributed by atoms with E-state index in [1.165, 1.54) is 0 Å². The lowest BCUT2D eigenvalue weighted by Gasteiger charge is -2.42. The molecule has 2 aromatic carbocycles. The molecular formula is C22H28ClN3O2. The molecule has 0 radical (unpaired) electrons. The highest BCUT2D eigenvalue weighted by Gasteiger charge is 2.35. The summed E-state index contributed by atoms with van der Waals surface area (Å²) in [6.07, 6.45) is 0.786. The number of piperidine rings is 1. The predicted octanol–water partition coefficient (Wildman–Crippen LogP) is 3.58. The van der Waals surface area contributed by atoms with Gasteiger partial charge in [-0.15, -0.1) is 12.4 Å². The maximum atomic E-state index is 13.0. The number of para-hydroxylation sites is 1. The second-order valence-electron chi connectivity index (χ2n) is 7.89. The Morgan fingerprint density at radius 2 is 1.71 bits per heavy atom. The maximum Gasteiger partial charge on any atom is 0.258 e. The molecule has 2 N–H and O–H groups in total. The van der Waals surface area contributed by atoms with Crippen LogP contribution in [-0.2, 0) is 0 Å². The number of amides is 2. The third kappa shape index (κ3) is 4.54. The first kappa shape index (κ1) is 21.9. The highest BCUT2D eigenvalue weighted by molar-refractivity contribution is 6.07. The number of likely N-dealkylation sites (tertiary alicyclic amines) is 1. The van der Waals surface area contributed by atoms with Gasteiger partial charge >= 0.3 is 0 Å². The monoisotopic (exact) mass is 401 g/mol. The van der Waals surface area contributed by atoms with Crippen LogP contribution >= 0.6 is 12.4 Å². The van der Waals surface area contributed by atoms with Gasteiger partial charge in [-0.1, -0.05) is 38.1 Å². The average molecular weight is 402 g/mol. The number of hydrogen-bond donors (Lipinski definition) is 1. The fourth-order valence-corrected chi connectivity index (χ4v) is 3.48. The highest BCUT2D eigenvalue weighted by atomic mass is 35.5. The van der Waals surface area contributed by atoms with Crippen molar-refractivity contribution in [3.63, 3.8) is 0 Å². The Morgan fingerprint density at radius 3 is 2.36 bits per heavy atom. The van der Waals surface area contributed by atoms with Gasteiger partial charge in [0.05, 0.1) is 0 Å². The summed E-state index contributed by atoms with van der Waals surface area (Å²) in [5.41, 5.74) is 7.91. The largest absolute Gasteiger partial charge is 0.338 e. The number of anilines is 1. The van der Waals surface area contributed by atoms with Crippen LogP contribution in [0.5, 0.6) is 0 Å². The number of nitrogens with zero attached hydrogens (tertiary/aromatic N) is 2. The van der Waals surface area contributed by atoms with Gasteiger partial charge in [0, 0.05) is 43.0 Å². The van der Waals surface area contributed by atoms with Crippen molar-refractivity contribution in [2.24, 2.45) is 11.1 Å². The van der Waals surface area contributed by atoms with Crippen LogP contribution in [0.1, 0.15) is 41.0 Å². The minimum atomic E-state index is -0.142. The molecule has 1 atom stereocenters. The molecule has 2 aromatic rings. The molecule has 150 valence electrons. The smallest absolute Gasteiger partial charge is 0.258 e. The van der Waals surface area contributed by atoms with Gasteiger partial charge in [0.2, 0.25) is 0 Å². The van der Waals surface area contributed by atoms with Crippen molar-refractivity contribution in [3.8, 4) is 0 Å². The SMILES string of the molecule is CN(C(=O)c1cccc(C(=O)N2CCC(N)C(C)(C)C2)c1)c1ccccc1.Cl. The quantitative estimate of drug-likeness (QED) is 0.854. The molecule has 0 aliphatic carbocycles. The lowest BCUT2D eigenvalue weighted by atomic mass is 9.79.